The normalized spacial score (nSPS) is 32.3. The number of non-ortho nitro benzene ring substituents is 2. The average molecular weight is 555 g/mol. The zero-order chi connectivity index (χ0) is 29.1. The maximum atomic E-state index is 13.6. The topological polar surface area (TPSA) is 187 Å². The number of ketones is 1. The molecule has 5 rings (SSSR count). The molecule has 3 heterocycles. The van der Waals surface area contributed by atoms with Crippen LogP contribution < -0.4 is 5.32 Å². The lowest BCUT2D eigenvalue weighted by Gasteiger charge is -2.27. The number of nitrogens with one attached hydrogen (secondary N) is 1. The molecule has 0 saturated carbocycles. The van der Waals surface area contributed by atoms with Gasteiger partial charge in [0.05, 0.1) is 15.9 Å². The zero-order valence-electron chi connectivity index (χ0n) is 21.9. The molecule has 0 aliphatic carbocycles. The van der Waals surface area contributed by atoms with Crippen molar-refractivity contribution >= 4 is 29.0 Å². The molecule has 2 amide bonds. The Morgan fingerprint density at radius 2 is 1.30 bits per heavy atom. The van der Waals surface area contributed by atoms with Crippen LogP contribution in [0.1, 0.15) is 51.0 Å². The number of epoxide rings is 2. The number of benzene rings is 2. The monoisotopic (exact) mass is 554 g/mol. The molecule has 2 aromatic rings. The highest BCUT2D eigenvalue weighted by atomic mass is 16.6. The second kappa shape index (κ2) is 9.43. The van der Waals surface area contributed by atoms with Gasteiger partial charge in [-0.2, -0.15) is 0 Å². The molecule has 1 N–H and O–H groups in total. The molecule has 14 heteroatoms. The summed E-state index contributed by atoms with van der Waals surface area (Å²) in [5, 5.41) is 24.6. The van der Waals surface area contributed by atoms with Crippen LogP contribution in [0.4, 0.5) is 11.4 Å². The van der Waals surface area contributed by atoms with Crippen molar-refractivity contribution in [3.63, 3.8) is 0 Å². The molecule has 210 valence electrons. The molecule has 3 aliphatic rings. The maximum Gasteiger partial charge on any atom is 0.269 e. The third-order valence-electron chi connectivity index (χ3n) is 7.56. The molecule has 3 fully saturated rings. The van der Waals surface area contributed by atoms with Gasteiger partial charge in [-0.1, -0.05) is 0 Å². The van der Waals surface area contributed by atoms with Crippen LogP contribution in [-0.4, -0.2) is 62.0 Å². The highest BCUT2D eigenvalue weighted by Gasteiger charge is 2.64. The fourth-order valence-electron chi connectivity index (χ4n) is 5.01. The van der Waals surface area contributed by atoms with E-state index in [1.165, 1.54) is 60.4 Å². The predicted molar refractivity (Wildman–Crippen MR) is 134 cm³/mol. The number of nitro groups is 2. The van der Waals surface area contributed by atoms with E-state index >= 15 is 0 Å². The Balaban J connectivity index is 1.28. The van der Waals surface area contributed by atoms with Crippen LogP contribution in [0.5, 0.6) is 0 Å². The van der Waals surface area contributed by atoms with Gasteiger partial charge in [-0.15, -0.1) is 0 Å². The Morgan fingerprint density at radius 1 is 0.850 bits per heavy atom. The van der Waals surface area contributed by atoms with Crippen molar-refractivity contribution in [3.05, 3.63) is 79.9 Å². The molecule has 40 heavy (non-hydrogen) atoms. The number of hydrogen-bond acceptors (Lipinski definition) is 10. The van der Waals surface area contributed by atoms with E-state index in [-0.39, 0.29) is 11.4 Å². The van der Waals surface area contributed by atoms with Crippen LogP contribution in [-0.2, 0) is 28.6 Å². The van der Waals surface area contributed by atoms with E-state index in [4.69, 9.17) is 14.2 Å². The number of carbonyl (C=O) groups excluding carboxylic acids is 3. The lowest BCUT2D eigenvalue weighted by atomic mass is 9.98. The second-order valence-corrected chi connectivity index (χ2v) is 10.4. The molecule has 2 aromatic carbocycles. The van der Waals surface area contributed by atoms with Gasteiger partial charge in [0.1, 0.15) is 12.2 Å². The quantitative estimate of drug-likeness (QED) is 0.288. The summed E-state index contributed by atoms with van der Waals surface area (Å²) in [6.07, 6.45) is -3.64. The van der Waals surface area contributed by atoms with Crippen LogP contribution in [0.15, 0.2) is 48.5 Å². The number of rotatable bonds is 8. The minimum absolute atomic E-state index is 0.0899. The minimum atomic E-state index is -1.34. The summed E-state index contributed by atoms with van der Waals surface area (Å²) < 4.78 is 17.2. The summed E-state index contributed by atoms with van der Waals surface area (Å²) in [6.45, 7) is 6.02. The van der Waals surface area contributed by atoms with Crippen molar-refractivity contribution < 1.29 is 38.4 Å². The Kier molecular flexibility index (Phi) is 6.44. The van der Waals surface area contributed by atoms with Gasteiger partial charge in [0.25, 0.3) is 23.2 Å². The highest BCUT2D eigenvalue weighted by molar-refractivity contribution is 5.94. The number of Topliss-reactive ketones (excluding diaryl/α,β-unsaturated/α-hetero) is 1. The van der Waals surface area contributed by atoms with Gasteiger partial charge in [-0.3, -0.25) is 34.6 Å². The number of nitro benzene ring substituents is 2. The van der Waals surface area contributed by atoms with Crippen molar-refractivity contribution in [2.45, 2.75) is 69.6 Å². The van der Waals surface area contributed by atoms with E-state index < -0.39 is 69.4 Å². The molecule has 7 unspecified atom stereocenters. The highest BCUT2D eigenvalue weighted by Crippen LogP contribution is 2.52. The molecule has 0 radical (unpaired) electrons. The van der Waals surface area contributed by atoms with Gasteiger partial charge in [0, 0.05) is 24.3 Å². The third-order valence-corrected chi connectivity index (χ3v) is 7.56. The summed E-state index contributed by atoms with van der Waals surface area (Å²) in [6, 6.07) is 10.6. The first kappa shape index (κ1) is 27.3. The molecule has 3 saturated heterocycles. The van der Waals surface area contributed by atoms with Crippen molar-refractivity contribution in [2.24, 2.45) is 0 Å². The van der Waals surface area contributed by atoms with Gasteiger partial charge in [0.2, 0.25) is 0 Å². The lowest BCUT2D eigenvalue weighted by Crippen LogP contribution is -2.52. The Bertz CT molecular complexity index is 1410. The first-order valence-corrected chi connectivity index (χ1v) is 12.4. The molecule has 7 atom stereocenters. The molecule has 3 aliphatic heterocycles. The average Bonchev–Trinajstić information content (AvgIpc) is 3.78. The van der Waals surface area contributed by atoms with E-state index in [0.29, 0.717) is 11.1 Å². The molecule has 0 bridgehead atoms. The number of carbonyl (C=O) groups is 3. The van der Waals surface area contributed by atoms with Crippen LogP contribution in [0.25, 0.3) is 0 Å². The van der Waals surface area contributed by atoms with Crippen molar-refractivity contribution in [1.29, 1.82) is 0 Å². The SMILES string of the molecule is CC(=O)C1OC(NC(=O)C2(C)OC2c2ccc([N+](=O)[O-])cc2)C(C)N1C(=O)C1(C)OC1c1ccc([N+](=O)[O-])cc1. The van der Waals surface area contributed by atoms with Crippen molar-refractivity contribution in [3.8, 4) is 0 Å². The van der Waals surface area contributed by atoms with E-state index in [1.54, 1.807) is 20.8 Å². The number of nitrogens with zero attached hydrogens (tertiary/aromatic N) is 3. The molecule has 14 nitrogen and oxygen atoms in total. The molecule has 0 spiro atoms. The molecular formula is C26H26N4O10. The molecular weight excluding hydrogens is 528 g/mol. The molecule has 0 aromatic heterocycles. The number of hydrogen-bond donors (Lipinski definition) is 1. The number of ether oxygens (including phenoxy) is 3. The Hall–Kier alpha value is -4.27. The van der Waals surface area contributed by atoms with Crippen LogP contribution in [0, 0.1) is 20.2 Å². The maximum absolute atomic E-state index is 13.6. The lowest BCUT2D eigenvalue weighted by molar-refractivity contribution is -0.385. The van der Waals surface area contributed by atoms with E-state index in [9.17, 15) is 34.6 Å². The van der Waals surface area contributed by atoms with Gasteiger partial charge < -0.3 is 24.4 Å². The third kappa shape index (κ3) is 4.49. The fraction of sp³-hybridized carbons (Fsp3) is 0.423. The van der Waals surface area contributed by atoms with Crippen LogP contribution in [0.3, 0.4) is 0 Å². The fourth-order valence-corrected chi connectivity index (χ4v) is 5.01. The van der Waals surface area contributed by atoms with Crippen molar-refractivity contribution in [1.82, 2.24) is 10.2 Å². The van der Waals surface area contributed by atoms with Gasteiger partial charge in [-0.25, -0.2) is 0 Å². The smallest absolute Gasteiger partial charge is 0.269 e. The summed E-state index contributed by atoms with van der Waals surface area (Å²) in [7, 11) is 0. The van der Waals surface area contributed by atoms with E-state index in [1.807, 2.05) is 0 Å². The summed E-state index contributed by atoms with van der Waals surface area (Å²) in [4.78, 5) is 61.3. The summed E-state index contributed by atoms with van der Waals surface area (Å²) >= 11 is 0. The first-order valence-electron chi connectivity index (χ1n) is 12.4. The zero-order valence-corrected chi connectivity index (χ0v) is 21.9. The van der Waals surface area contributed by atoms with Gasteiger partial charge in [-0.05, 0) is 63.1 Å². The second-order valence-electron chi connectivity index (χ2n) is 10.4. The minimum Gasteiger partial charge on any atom is -0.351 e. The largest absolute Gasteiger partial charge is 0.351 e. The summed E-state index contributed by atoms with van der Waals surface area (Å²) in [5.74, 6) is -1.52. The van der Waals surface area contributed by atoms with Crippen LogP contribution >= 0.6 is 0 Å². The first-order chi connectivity index (χ1) is 18.8. The van der Waals surface area contributed by atoms with E-state index in [0.717, 1.165) is 0 Å². The standard InChI is InChI=1S/C26H26N4O10/c1-13-21(27-23(32)25(3)19(39-25)15-5-9-17(10-6-15)29(34)35)38-22(14(2)31)28(13)24(33)26(4)20(40-26)16-7-11-18(12-8-16)30(36)37/h5-13,19-22H,1-4H3,(H,27,32). The summed E-state index contributed by atoms with van der Waals surface area (Å²) in [5.41, 5.74) is -1.67. The Morgan fingerprint density at radius 3 is 1.75 bits per heavy atom. The van der Waals surface area contributed by atoms with Gasteiger partial charge in [0.15, 0.2) is 29.4 Å². The van der Waals surface area contributed by atoms with Crippen molar-refractivity contribution in [2.75, 3.05) is 0 Å². The predicted octanol–water partition coefficient (Wildman–Crippen LogP) is 2.47. The van der Waals surface area contributed by atoms with Gasteiger partial charge >= 0.3 is 0 Å². The van der Waals surface area contributed by atoms with Crippen LogP contribution in [0.2, 0.25) is 0 Å². The Labute approximate surface area is 227 Å². The number of amides is 2. The van der Waals surface area contributed by atoms with E-state index in [2.05, 4.69) is 5.32 Å².